The van der Waals surface area contributed by atoms with Crippen LogP contribution >= 0.6 is 11.3 Å². The molecule has 3 aromatic rings. The zero-order chi connectivity index (χ0) is 18.1. The molecule has 26 heavy (non-hydrogen) atoms. The topological polar surface area (TPSA) is 67.4 Å². The molecule has 5 nitrogen and oxygen atoms in total. The Hall–Kier alpha value is -3.12. The Morgan fingerprint density at radius 1 is 0.962 bits per heavy atom. The lowest BCUT2D eigenvalue weighted by Gasteiger charge is -2.27. The van der Waals surface area contributed by atoms with E-state index in [1.807, 2.05) is 48.5 Å². The quantitative estimate of drug-likeness (QED) is 0.739. The molecular formula is C20H16N2O3S. The van der Waals surface area contributed by atoms with Crippen molar-refractivity contribution in [3.8, 4) is 11.5 Å². The number of rotatable bonds is 3. The SMILES string of the molecule is CNC(=O)c1ccsc1NC(=O)C1c2ccccc2Oc2ccccc21. The highest BCUT2D eigenvalue weighted by Gasteiger charge is 2.33. The van der Waals surface area contributed by atoms with Crippen LogP contribution in [0.1, 0.15) is 27.4 Å². The molecule has 2 amide bonds. The molecule has 0 bridgehead atoms. The first-order valence-electron chi connectivity index (χ1n) is 8.15. The number of para-hydroxylation sites is 2. The van der Waals surface area contributed by atoms with Crippen LogP contribution in [-0.4, -0.2) is 18.9 Å². The number of thiophene rings is 1. The van der Waals surface area contributed by atoms with Gasteiger partial charge in [-0.25, -0.2) is 0 Å². The minimum Gasteiger partial charge on any atom is -0.457 e. The second-order valence-corrected chi connectivity index (χ2v) is 6.76. The van der Waals surface area contributed by atoms with E-state index in [0.29, 0.717) is 22.1 Å². The van der Waals surface area contributed by atoms with Crippen molar-refractivity contribution >= 4 is 28.2 Å². The minimum absolute atomic E-state index is 0.194. The predicted octanol–water partition coefficient (Wildman–Crippen LogP) is 3.98. The molecule has 1 aliphatic heterocycles. The molecule has 6 heteroatoms. The number of carbonyl (C=O) groups is 2. The summed E-state index contributed by atoms with van der Waals surface area (Å²) in [6, 6.07) is 16.7. The fourth-order valence-electron chi connectivity index (χ4n) is 3.10. The first-order chi connectivity index (χ1) is 12.7. The van der Waals surface area contributed by atoms with E-state index in [2.05, 4.69) is 10.6 Å². The van der Waals surface area contributed by atoms with Crippen LogP contribution in [0.15, 0.2) is 60.0 Å². The number of carbonyl (C=O) groups excluding carboxylic acids is 2. The smallest absolute Gasteiger partial charge is 0.254 e. The Morgan fingerprint density at radius 3 is 2.19 bits per heavy atom. The Kier molecular flexibility index (Phi) is 4.18. The van der Waals surface area contributed by atoms with Crippen molar-refractivity contribution in [1.82, 2.24) is 5.32 Å². The lowest BCUT2D eigenvalue weighted by Crippen LogP contribution is -2.26. The summed E-state index contributed by atoms with van der Waals surface area (Å²) in [6.45, 7) is 0. The average Bonchev–Trinajstić information content (AvgIpc) is 3.13. The summed E-state index contributed by atoms with van der Waals surface area (Å²) in [5.74, 6) is 0.416. The molecule has 0 atom stereocenters. The highest BCUT2D eigenvalue weighted by atomic mass is 32.1. The Bertz CT molecular complexity index is 950. The summed E-state index contributed by atoms with van der Waals surface area (Å²) >= 11 is 1.32. The molecule has 0 saturated carbocycles. The molecule has 0 unspecified atom stereocenters. The van der Waals surface area contributed by atoms with Crippen molar-refractivity contribution in [2.75, 3.05) is 12.4 Å². The van der Waals surface area contributed by atoms with Gasteiger partial charge in [-0.1, -0.05) is 36.4 Å². The van der Waals surface area contributed by atoms with Gasteiger partial charge in [0.25, 0.3) is 5.91 Å². The molecule has 1 aliphatic rings. The van der Waals surface area contributed by atoms with Crippen molar-refractivity contribution in [1.29, 1.82) is 0 Å². The molecule has 0 saturated heterocycles. The summed E-state index contributed by atoms with van der Waals surface area (Å²) in [4.78, 5) is 25.1. The largest absolute Gasteiger partial charge is 0.457 e. The van der Waals surface area contributed by atoms with Gasteiger partial charge in [-0.3, -0.25) is 9.59 Å². The number of fused-ring (bicyclic) bond motifs is 2. The van der Waals surface area contributed by atoms with Crippen molar-refractivity contribution < 1.29 is 14.3 Å². The number of ether oxygens (including phenoxy) is 1. The van der Waals surface area contributed by atoms with Crippen LogP contribution in [0.25, 0.3) is 0 Å². The molecule has 0 spiro atoms. The van der Waals surface area contributed by atoms with Crippen molar-refractivity contribution in [3.05, 3.63) is 76.7 Å². The fraction of sp³-hybridized carbons (Fsp3) is 0.100. The predicted molar refractivity (Wildman–Crippen MR) is 101 cm³/mol. The summed E-state index contributed by atoms with van der Waals surface area (Å²) in [5, 5.41) is 7.83. The molecule has 2 N–H and O–H groups in total. The standard InChI is InChI=1S/C20H16N2O3S/c1-21-18(23)14-10-11-26-20(14)22-19(24)17-12-6-2-4-8-15(12)25-16-9-5-3-7-13(16)17/h2-11,17H,1H3,(H,21,23)(H,22,24). The number of benzene rings is 2. The maximum absolute atomic E-state index is 13.2. The summed E-state index contributed by atoms with van der Waals surface area (Å²) in [7, 11) is 1.57. The van der Waals surface area contributed by atoms with Gasteiger partial charge < -0.3 is 15.4 Å². The maximum Gasteiger partial charge on any atom is 0.254 e. The van der Waals surface area contributed by atoms with Crippen LogP contribution in [0.3, 0.4) is 0 Å². The van der Waals surface area contributed by atoms with Crippen LogP contribution < -0.4 is 15.4 Å². The van der Waals surface area contributed by atoms with Gasteiger partial charge >= 0.3 is 0 Å². The summed E-state index contributed by atoms with van der Waals surface area (Å²) in [6.07, 6.45) is 0. The molecule has 4 rings (SSSR count). The second-order valence-electron chi connectivity index (χ2n) is 5.84. The van der Waals surface area contributed by atoms with E-state index < -0.39 is 5.92 Å². The van der Waals surface area contributed by atoms with Crippen LogP contribution in [0, 0.1) is 0 Å². The Labute approximate surface area is 154 Å². The van der Waals surface area contributed by atoms with Gasteiger partial charge in [0.05, 0.1) is 11.5 Å². The molecule has 130 valence electrons. The van der Waals surface area contributed by atoms with E-state index in [1.54, 1.807) is 18.5 Å². The van der Waals surface area contributed by atoms with Crippen molar-refractivity contribution in [2.45, 2.75) is 5.92 Å². The van der Waals surface area contributed by atoms with Crippen molar-refractivity contribution in [2.24, 2.45) is 0 Å². The van der Waals surface area contributed by atoms with Gasteiger partial charge in [-0.05, 0) is 23.6 Å². The van der Waals surface area contributed by atoms with Crippen LogP contribution in [0.2, 0.25) is 0 Å². The molecule has 1 aromatic heterocycles. The monoisotopic (exact) mass is 364 g/mol. The normalized spacial score (nSPS) is 12.5. The van der Waals surface area contributed by atoms with Gasteiger partial charge in [-0.15, -0.1) is 11.3 Å². The lowest BCUT2D eigenvalue weighted by molar-refractivity contribution is -0.116. The fourth-order valence-corrected chi connectivity index (χ4v) is 3.88. The Balaban J connectivity index is 1.73. The minimum atomic E-state index is -0.504. The number of anilines is 1. The highest BCUT2D eigenvalue weighted by Crippen LogP contribution is 2.44. The Morgan fingerprint density at radius 2 is 1.58 bits per heavy atom. The van der Waals surface area contributed by atoms with E-state index in [9.17, 15) is 9.59 Å². The third-order valence-corrected chi connectivity index (χ3v) is 5.15. The zero-order valence-corrected chi connectivity index (χ0v) is 14.8. The third-order valence-electron chi connectivity index (χ3n) is 4.32. The molecular weight excluding hydrogens is 348 g/mol. The van der Waals surface area contributed by atoms with Crippen LogP contribution in [0.5, 0.6) is 11.5 Å². The lowest BCUT2D eigenvalue weighted by atomic mass is 9.87. The third kappa shape index (κ3) is 2.74. The van der Waals surface area contributed by atoms with E-state index >= 15 is 0 Å². The van der Waals surface area contributed by atoms with Crippen LogP contribution in [0.4, 0.5) is 5.00 Å². The molecule has 2 aromatic carbocycles. The first kappa shape index (κ1) is 16.4. The molecule has 2 heterocycles. The molecule has 0 radical (unpaired) electrons. The highest BCUT2D eigenvalue weighted by molar-refractivity contribution is 7.14. The maximum atomic E-state index is 13.2. The van der Waals surface area contributed by atoms with Gasteiger partial charge in [0.15, 0.2) is 0 Å². The van der Waals surface area contributed by atoms with Crippen molar-refractivity contribution in [3.63, 3.8) is 0 Å². The number of hydrogen-bond donors (Lipinski definition) is 2. The van der Waals surface area contributed by atoms with Crippen LogP contribution in [-0.2, 0) is 4.79 Å². The summed E-state index contributed by atoms with van der Waals surface area (Å²) < 4.78 is 5.93. The van der Waals surface area contributed by atoms with E-state index in [-0.39, 0.29) is 11.8 Å². The van der Waals surface area contributed by atoms with Gasteiger partial charge in [0, 0.05) is 18.2 Å². The van der Waals surface area contributed by atoms with Gasteiger partial charge in [0.2, 0.25) is 5.91 Å². The second kappa shape index (κ2) is 6.65. The van der Waals surface area contributed by atoms with Gasteiger partial charge in [0.1, 0.15) is 16.5 Å². The van der Waals surface area contributed by atoms with Gasteiger partial charge in [-0.2, -0.15) is 0 Å². The number of hydrogen-bond acceptors (Lipinski definition) is 4. The average molecular weight is 364 g/mol. The molecule has 0 aliphatic carbocycles. The van der Waals surface area contributed by atoms with E-state index in [4.69, 9.17) is 4.74 Å². The molecule has 0 fully saturated rings. The van der Waals surface area contributed by atoms with E-state index in [1.165, 1.54) is 11.3 Å². The van der Waals surface area contributed by atoms with E-state index in [0.717, 1.165) is 11.1 Å². The zero-order valence-electron chi connectivity index (χ0n) is 14.0. The number of amides is 2. The summed E-state index contributed by atoms with van der Waals surface area (Å²) in [5.41, 5.74) is 2.07. The first-order valence-corrected chi connectivity index (χ1v) is 9.03. The number of nitrogens with one attached hydrogen (secondary N) is 2.